The van der Waals surface area contributed by atoms with E-state index in [-0.39, 0.29) is 28.4 Å². The number of aromatic hydroxyl groups is 2. The lowest BCUT2D eigenvalue weighted by molar-refractivity contribution is -0.354. The molecule has 55 heavy (non-hydrogen) atoms. The molecule has 1 aromatic heterocycles. The smallest absolute Gasteiger partial charge is 0.302 e. The van der Waals surface area contributed by atoms with Gasteiger partial charge in [-0.05, 0) is 38.1 Å². The molecule has 10 N–H and O–H groups in total. The van der Waals surface area contributed by atoms with Crippen LogP contribution in [0.5, 0.6) is 23.0 Å². The van der Waals surface area contributed by atoms with Crippen LogP contribution in [0, 0.1) is 0 Å². The summed E-state index contributed by atoms with van der Waals surface area (Å²) >= 11 is 0. The number of rotatable bonds is 9. The average Bonchev–Trinajstić information content (AvgIpc) is 3.14. The normalized spacial score (nSPS) is 36.7. The number of fused-ring (bicyclic) bond motifs is 1. The number of phenols is 2. The van der Waals surface area contributed by atoms with Crippen LogP contribution in [0.2, 0.25) is 0 Å². The topological polar surface area (TPSA) is 314 Å². The zero-order valence-corrected chi connectivity index (χ0v) is 29.4. The molecule has 3 aliphatic rings. The zero-order chi connectivity index (χ0) is 40.0. The lowest BCUT2D eigenvalue weighted by atomic mass is 9.97. The van der Waals surface area contributed by atoms with Crippen LogP contribution in [0.4, 0.5) is 0 Å². The second-order valence-corrected chi connectivity index (χ2v) is 13.5. The minimum absolute atomic E-state index is 0.108. The van der Waals surface area contributed by atoms with Crippen molar-refractivity contribution >= 4 is 16.9 Å². The van der Waals surface area contributed by atoms with E-state index in [0.717, 1.165) is 19.1 Å². The number of phenolic OH excluding ortho intramolecular Hbond substituents is 2. The second-order valence-electron chi connectivity index (χ2n) is 13.5. The van der Waals surface area contributed by atoms with E-state index in [1.807, 2.05) is 0 Å². The number of aliphatic hydroxyl groups is 8. The van der Waals surface area contributed by atoms with Gasteiger partial charge in [-0.2, -0.15) is 0 Å². The second kappa shape index (κ2) is 16.1. The number of hydrogen-bond donors (Lipinski definition) is 10. The summed E-state index contributed by atoms with van der Waals surface area (Å²) in [5.74, 6) is -2.91. The first-order valence-corrected chi connectivity index (χ1v) is 17.1. The average molecular weight is 783 g/mol. The Morgan fingerprint density at radius 2 is 1.31 bits per heavy atom. The third kappa shape index (κ3) is 8.08. The fraction of sp³-hybridized carbons (Fsp3) is 0.543. The number of benzene rings is 2. The highest BCUT2D eigenvalue weighted by molar-refractivity contribution is 5.88. The number of ether oxygens (including phenoxy) is 7. The van der Waals surface area contributed by atoms with Gasteiger partial charge in [0.05, 0.1) is 12.2 Å². The van der Waals surface area contributed by atoms with Crippen molar-refractivity contribution in [3.63, 3.8) is 0 Å². The SMILES string of the molecule is CC(=O)OCC1OC(Oc2c(-c3ccc(O)cc3)oc3cc(OC4OC(C)C(O)C(O)C4O)cc(O)c3c2=O)C(OC2OC(C)C(O)C(O)C2O)C(O)C1O. The molecule has 0 spiro atoms. The summed E-state index contributed by atoms with van der Waals surface area (Å²) < 4.78 is 45.4. The minimum atomic E-state index is -1.97. The molecule has 15 unspecified atom stereocenters. The lowest BCUT2D eigenvalue weighted by Gasteiger charge is -2.45. The predicted molar refractivity (Wildman–Crippen MR) is 179 cm³/mol. The largest absolute Gasteiger partial charge is 0.508 e. The molecule has 0 bridgehead atoms. The van der Waals surface area contributed by atoms with E-state index in [2.05, 4.69) is 0 Å². The molecule has 4 heterocycles. The quantitative estimate of drug-likeness (QED) is 0.102. The van der Waals surface area contributed by atoms with Crippen molar-refractivity contribution in [2.24, 2.45) is 0 Å². The van der Waals surface area contributed by atoms with Gasteiger partial charge in [-0.25, -0.2) is 0 Å². The van der Waals surface area contributed by atoms with Gasteiger partial charge < -0.3 is 88.6 Å². The number of hydrogen-bond acceptors (Lipinski definition) is 20. The zero-order valence-electron chi connectivity index (χ0n) is 29.4. The number of aliphatic hydroxyl groups excluding tert-OH is 8. The van der Waals surface area contributed by atoms with E-state index in [4.69, 9.17) is 37.6 Å². The number of carbonyl (C=O) groups excluding carboxylic acids is 1. The summed E-state index contributed by atoms with van der Waals surface area (Å²) in [6.45, 7) is 3.27. The van der Waals surface area contributed by atoms with Crippen LogP contribution in [0.25, 0.3) is 22.3 Å². The molecule has 0 saturated carbocycles. The fourth-order valence-corrected chi connectivity index (χ4v) is 6.36. The standard InChI is InChI=1S/C35H42O20/c1-11-21(39)25(43)28(46)33(49-11)51-16-8-17(38)20-18(9-16)52-30(14-4-6-15(37)7-5-14)31(24(20)42)54-35-32(27(45)23(41)19(53-35)10-48-13(3)36)55-34-29(47)26(44)22(40)12(2)50-34/h4-9,11-12,19,21-23,25-29,32-35,37-41,43-47H,10H2,1-3H3. The first kappa shape index (κ1) is 40.5. The lowest BCUT2D eigenvalue weighted by Crippen LogP contribution is -2.64. The van der Waals surface area contributed by atoms with Gasteiger partial charge in [0.15, 0.2) is 18.2 Å². The molecule has 0 amide bonds. The van der Waals surface area contributed by atoms with Crippen LogP contribution >= 0.6 is 0 Å². The molecule has 6 rings (SSSR count). The Balaban J connectivity index is 1.42. The van der Waals surface area contributed by atoms with E-state index < -0.39 is 127 Å². The Labute approximate surface area is 310 Å². The van der Waals surface area contributed by atoms with Gasteiger partial charge in [0.25, 0.3) is 0 Å². The molecular formula is C35H42O20. The maximum atomic E-state index is 14.3. The van der Waals surface area contributed by atoms with Crippen molar-refractivity contribution in [3.05, 3.63) is 46.6 Å². The summed E-state index contributed by atoms with van der Waals surface area (Å²) in [6.07, 6.45) is -24.4. The monoisotopic (exact) mass is 782 g/mol. The van der Waals surface area contributed by atoms with Gasteiger partial charge in [0.2, 0.25) is 23.8 Å². The van der Waals surface area contributed by atoms with Crippen LogP contribution in [0.3, 0.4) is 0 Å². The van der Waals surface area contributed by atoms with Crippen molar-refractivity contribution < 1.29 is 93.4 Å². The predicted octanol–water partition coefficient (Wildman–Crippen LogP) is -2.32. The Kier molecular flexibility index (Phi) is 11.9. The van der Waals surface area contributed by atoms with Crippen molar-refractivity contribution in [2.45, 2.75) is 113 Å². The van der Waals surface area contributed by atoms with E-state index in [1.165, 1.54) is 38.1 Å². The van der Waals surface area contributed by atoms with Crippen molar-refractivity contribution in [1.82, 2.24) is 0 Å². The van der Waals surface area contributed by atoms with Crippen LogP contribution in [0.1, 0.15) is 20.8 Å². The van der Waals surface area contributed by atoms with Crippen LogP contribution in [-0.4, -0.2) is 156 Å². The Morgan fingerprint density at radius 3 is 1.93 bits per heavy atom. The van der Waals surface area contributed by atoms with E-state index >= 15 is 0 Å². The van der Waals surface area contributed by atoms with Gasteiger partial charge in [-0.15, -0.1) is 0 Å². The van der Waals surface area contributed by atoms with Crippen LogP contribution in [0.15, 0.2) is 45.6 Å². The summed E-state index contributed by atoms with van der Waals surface area (Å²) in [6, 6.07) is 7.31. The molecule has 3 aliphatic heterocycles. The Hall–Kier alpha value is -4.16. The van der Waals surface area contributed by atoms with Crippen molar-refractivity contribution in [1.29, 1.82) is 0 Å². The molecule has 3 saturated heterocycles. The first-order valence-electron chi connectivity index (χ1n) is 17.1. The van der Waals surface area contributed by atoms with Gasteiger partial charge >= 0.3 is 5.97 Å². The van der Waals surface area contributed by atoms with Gasteiger partial charge in [0.1, 0.15) is 89.8 Å². The first-order chi connectivity index (χ1) is 26.0. The molecule has 302 valence electrons. The summed E-state index contributed by atoms with van der Waals surface area (Å²) in [7, 11) is 0. The number of carbonyl (C=O) groups is 1. The van der Waals surface area contributed by atoms with E-state index in [0.29, 0.717) is 0 Å². The highest BCUT2D eigenvalue weighted by atomic mass is 16.8. The molecule has 0 aliphatic carbocycles. The molecule has 0 radical (unpaired) electrons. The third-order valence-electron chi connectivity index (χ3n) is 9.53. The van der Waals surface area contributed by atoms with Crippen molar-refractivity contribution in [3.8, 4) is 34.3 Å². The maximum absolute atomic E-state index is 14.3. The molecule has 20 heteroatoms. The maximum Gasteiger partial charge on any atom is 0.302 e. The highest BCUT2D eigenvalue weighted by Gasteiger charge is 2.52. The van der Waals surface area contributed by atoms with Crippen LogP contribution in [-0.2, 0) is 28.5 Å². The van der Waals surface area contributed by atoms with Crippen molar-refractivity contribution in [2.75, 3.05) is 6.61 Å². The molecular weight excluding hydrogens is 740 g/mol. The van der Waals surface area contributed by atoms with Crippen LogP contribution < -0.4 is 14.9 Å². The third-order valence-corrected chi connectivity index (χ3v) is 9.53. The number of esters is 1. The molecule has 2 aromatic carbocycles. The van der Waals surface area contributed by atoms with Gasteiger partial charge in [-0.3, -0.25) is 9.59 Å². The van der Waals surface area contributed by atoms with Gasteiger partial charge in [0, 0.05) is 24.6 Å². The molecule has 20 nitrogen and oxygen atoms in total. The molecule has 15 atom stereocenters. The van der Waals surface area contributed by atoms with E-state index in [9.17, 15) is 60.7 Å². The van der Waals surface area contributed by atoms with Gasteiger partial charge in [-0.1, -0.05) is 0 Å². The summed E-state index contributed by atoms with van der Waals surface area (Å²) in [5.41, 5.74) is -1.25. The summed E-state index contributed by atoms with van der Waals surface area (Å²) in [5, 5.41) is 105. The minimum Gasteiger partial charge on any atom is -0.508 e. The molecule has 3 aromatic rings. The summed E-state index contributed by atoms with van der Waals surface area (Å²) in [4.78, 5) is 25.9. The highest BCUT2D eigenvalue weighted by Crippen LogP contribution is 2.39. The Bertz CT molecular complexity index is 1880. The fourth-order valence-electron chi connectivity index (χ4n) is 6.36. The Morgan fingerprint density at radius 1 is 0.709 bits per heavy atom. The molecule has 3 fully saturated rings. The van der Waals surface area contributed by atoms with E-state index in [1.54, 1.807) is 0 Å².